The Morgan fingerprint density at radius 3 is 3.33 bits per heavy atom. The van der Waals surface area contributed by atoms with Crippen LogP contribution in [0.3, 0.4) is 0 Å². The first kappa shape index (κ1) is 7.40. The minimum absolute atomic E-state index is 0.845. The third-order valence-electron chi connectivity index (χ3n) is 2.09. The van der Waals surface area contributed by atoms with Crippen LogP contribution in [-0.4, -0.2) is 18.6 Å². The fourth-order valence-corrected chi connectivity index (χ4v) is 1.44. The van der Waals surface area contributed by atoms with E-state index >= 15 is 0 Å². The van der Waals surface area contributed by atoms with Crippen LogP contribution in [-0.2, 0) is 6.42 Å². The molecule has 2 heterocycles. The zero-order chi connectivity index (χ0) is 8.39. The molecule has 0 amide bonds. The van der Waals surface area contributed by atoms with Gasteiger partial charge in [0.15, 0.2) is 0 Å². The van der Waals surface area contributed by atoms with E-state index in [1.165, 1.54) is 12.0 Å². The van der Waals surface area contributed by atoms with E-state index in [1.54, 1.807) is 13.3 Å². The molecule has 12 heavy (non-hydrogen) atoms. The fraction of sp³-hybridized carbons (Fsp3) is 0.444. The second-order valence-corrected chi connectivity index (χ2v) is 2.91. The molecule has 0 fully saturated rings. The maximum Gasteiger partial charge on any atom is 0.137 e. The Labute approximate surface area is 71.8 Å². The molecular formula is C9H12N2O. The summed E-state index contributed by atoms with van der Waals surface area (Å²) in [6.07, 6.45) is 4.03. The molecule has 0 saturated carbocycles. The molecule has 0 unspecified atom stereocenters. The van der Waals surface area contributed by atoms with E-state index in [2.05, 4.69) is 16.4 Å². The number of aryl methyl sites for hydroxylation is 1. The molecule has 1 aromatic rings. The number of hydrogen-bond donors (Lipinski definition) is 1. The molecular weight excluding hydrogens is 152 g/mol. The van der Waals surface area contributed by atoms with Crippen molar-refractivity contribution in [3.8, 4) is 5.75 Å². The van der Waals surface area contributed by atoms with Crippen LogP contribution in [0.1, 0.15) is 12.0 Å². The largest absolute Gasteiger partial charge is 0.495 e. The van der Waals surface area contributed by atoms with Crippen LogP contribution in [0.25, 0.3) is 0 Å². The van der Waals surface area contributed by atoms with E-state index < -0.39 is 0 Å². The molecule has 0 spiro atoms. The van der Waals surface area contributed by atoms with Gasteiger partial charge in [0.1, 0.15) is 11.6 Å². The van der Waals surface area contributed by atoms with Crippen LogP contribution in [0.15, 0.2) is 12.3 Å². The molecule has 0 aromatic carbocycles. The summed E-state index contributed by atoms with van der Waals surface area (Å²) in [7, 11) is 1.67. The summed E-state index contributed by atoms with van der Waals surface area (Å²) in [6, 6.07) is 2.05. The molecule has 1 aromatic heterocycles. The molecule has 0 atom stereocenters. The maximum atomic E-state index is 5.09. The molecule has 0 saturated heterocycles. The number of nitrogens with one attached hydrogen (secondary N) is 1. The summed E-state index contributed by atoms with van der Waals surface area (Å²) in [5.74, 6) is 1.86. The van der Waals surface area contributed by atoms with Gasteiger partial charge in [-0.15, -0.1) is 0 Å². The number of methoxy groups -OCH3 is 1. The molecule has 64 valence electrons. The number of aromatic nitrogens is 1. The van der Waals surface area contributed by atoms with Crippen molar-refractivity contribution in [1.82, 2.24) is 4.98 Å². The van der Waals surface area contributed by atoms with Crippen molar-refractivity contribution in [1.29, 1.82) is 0 Å². The second-order valence-electron chi connectivity index (χ2n) is 2.91. The quantitative estimate of drug-likeness (QED) is 0.682. The van der Waals surface area contributed by atoms with E-state index in [0.29, 0.717) is 0 Å². The van der Waals surface area contributed by atoms with Gasteiger partial charge in [-0.25, -0.2) is 4.98 Å². The third-order valence-corrected chi connectivity index (χ3v) is 2.09. The van der Waals surface area contributed by atoms with Crippen molar-refractivity contribution in [2.75, 3.05) is 19.0 Å². The predicted molar refractivity (Wildman–Crippen MR) is 47.6 cm³/mol. The molecule has 2 rings (SSSR count). The highest BCUT2D eigenvalue weighted by atomic mass is 16.5. The number of pyridine rings is 1. The average molecular weight is 164 g/mol. The van der Waals surface area contributed by atoms with Gasteiger partial charge in [-0.2, -0.15) is 0 Å². The third kappa shape index (κ3) is 1.22. The van der Waals surface area contributed by atoms with E-state index in [1.807, 2.05) is 0 Å². The Hall–Kier alpha value is -1.25. The van der Waals surface area contributed by atoms with Gasteiger partial charge in [0.25, 0.3) is 0 Å². The lowest BCUT2D eigenvalue weighted by Crippen LogP contribution is -2.13. The molecule has 1 aliphatic rings. The lowest BCUT2D eigenvalue weighted by molar-refractivity contribution is 0.412. The number of ether oxygens (including phenoxy) is 1. The molecule has 3 heteroatoms. The van der Waals surface area contributed by atoms with E-state index in [-0.39, 0.29) is 0 Å². The first-order valence-corrected chi connectivity index (χ1v) is 4.17. The van der Waals surface area contributed by atoms with Gasteiger partial charge in [0.2, 0.25) is 0 Å². The second kappa shape index (κ2) is 3.01. The molecule has 0 bridgehead atoms. The standard InChI is InChI=1S/C9H12N2O/c1-12-8-5-7-3-2-4-10-9(7)11-6-8/h5-6H,2-4H2,1H3,(H,10,11). The number of fused-ring (bicyclic) bond motifs is 1. The fourth-order valence-electron chi connectivity index (χ4n) is 1.44. The SMILES string of the molecule is COc1cnc2c(c1)CCCN2. The van der Waals surface area contributed by atoms with Crippen LogP contribution >= 0.6 is 0 Å². The lowest BCUT2D eigenvalue weighted by atomic mass is 10.1. The van der Waals surface area contributed by atoms with Gasteiger partial charge in [-0.1, -0.05) is 0 Å². The summed E-state index contributed by atoms with van der Waals surface area (Å²) in [4.78, 5) is 4.25. The molecule has 0 aliphatic carbocycles. The Morgan fingerprint density at radius 2 is 2.50 bits per heavy atom. The Bertz CT molecular complexity index is 286. The van der Waals surface area contributed by atoms with Gasteiger partial charge in [-0.3, -0.25) is 0 Å². The molecule has 3 nitrogen and oxygen atoms in total. The van der Waals surface area contributed by atoms with Crippen LogP contribution in [0, 0.1) is 0 Å². The number of hydrogen-bond acceptors (Lipinski definition) is 3. The van der Waals surface area contributed by atoms with Crippen molar-refractivity contribution in [3.05, 3.63) is 17.8 Å². The highest BCUT2D eigenvalue weighted by Crippen LogP contribution is 2.22. The van der Waals surface area contributed by atoms with Crippen molar-refractivity contribution in [2.45, 2.75) is 12.8 Å². The van der Waals surface area contributed by atoms with Crippen LogP contribution in [0.4, 0.5) is 5.82 Å². The van der Waals surface area contributed by atoms with Crippen molar-refractivity contribution in [3.63, 3.8) is 0 Å². The van der Waals surface area contributed by atoms with E-state index in [4.69, 9.17) is 4.74 Å². The topological polar surface area (TPSA) is 34.1 Å². The van der Waals surface area contributed by atoms with Gasteiger partial charge < -0.3 is 10.1 Å². The van der Waals surface area contributed by atoms with Gasteiger partial charge in [-0.05, 0) is 24.5 Å². The van der Waals surface area contributed by atoms with Gasteiger partial charge in [0.05, 0.1) is 13.3 Å². The number of anilines is 1. The molecule has 0 radical (unpaired) electrons. The summed E-state index contributed by atoms with van der Waals surface area (Å²) in [5, 5.41) is 3.25. The van der Waals surface area contributed by atoms with Gasteiger partial charge in [0, 0.05) is 6.54 Å². The summed E-state index contributed by atoms with van der Waals surface area (Å²) >= 11 is 0. The summed E-state index contributed by atoms with van der Waals surface area (Å²) in [5.41, 5.74) is 1.26. The van der Waals surface area contributed by atoms with Gasteiger partial charge >= 0.3 is 0 Å². The summed E-state index contributed by atoms with van der Waals surface area (Å²) in [6.45, 7) is 1.03. The van der Waals surface area contributed by atoms with Crippen molar-refractivity contribution >= 4 is 5.82 Å². The van der Waals surface area contributed by atoms with E-state index in [0.717, 1.165) is 24.5 Å². The highest BCUT2D eigenvalue weighted by Gasteiger charge is 2.09. The van der Waals surface area contributed by atoms with Crippen LogP contribution in [0.5, 0.6) is 5.75 Å². The Kier molecular flexibility index (Phi) is 1.86. The first-order valence-electron chi connectivity index (χ1n) is 4.17. The molecule has 1 aliphatic heterocycles. The number of nitrogens with zero attached hydrogens (tertiary/aromatic N) is 1. The zero-order valence-electron chi connectivity index (χ0n) is 7.13. The van der Waals surface area contributed by atoms with E-state index in [9.17, 15) is 0 Å². The Morgan fingerprint density at radius 1 is 1.58 bits per heavy atom. The van der Waals surface area contributed by atoms with Crippen molar-refractivity contribution in [2.24, 2.45) is 0 Å². The van der Waals surface area contributed by atoms with Crippen LogP contribution < -0.4 is 10.1 Å². The lowest BCUT2D eigenvalue weighted by Gasteiger charge is -2.16. The first-order chi connectivity index (χ1) is 5.90. The molecule has 1 N–H and O–H groups in total. The maximum absolute atomic E-state index is 5.09. The minimum Gasteiger partial charge on any atom is -0.495 e. The highest BCUT2D eigenvalue weighted by molar-refractivity contribution is 5.48. The van der Waals surface area contributed by atoms with Crippen LogP contribution in [0.2, 0.25) is 0 Å². The predicted octanol–water partition coefficient (Wildman–Crippen LogP) is 1.45. The Balaban J connectivity index is 2.36. The minimum atomic E-state index is 0.845. The van der Waals surface area contributed by atoms with Crippen molar-refractivity contribution < 1.29 is 4.74 Å². The average Bonchev–Trinajstić information content (AvgIpc) is 2.17. The monoisotopic (exact) mass is 164 g/mol. The number of rotatable bonds is 1. The normalized spacial score (nSPS) is 14.8. The smallest absolute Gasteiger partial charge is 0.137 e. The zero-order valence-corrected chi connectivity index (χ0v) is 7.13. The summed E-state index contributed by atoms with van der Waals surface area (Å²) < 4.78 is 5.09.